The molecule has 138 valence electrons. The van der Waals surface area contributed by atoms with E-state index in [4.69, 9.17) is 0 Å². The van der Waals surface area contributed by atoms with E-state index in [0.717, 1.165) is 27.6 Å². The van der Waals surface area contributed by atoms with Crippen molar-refractivity contribution in [2.45, 2.75) is 6.92 Å². The summed E-state index contributed by atoms with van der Waals surface area (Å²) in [5, 5.41) is 3.91. The van der Waals surface area contributed by atoms with Crippen molar-refractivity contribution in [3.05, 3.63) is 100 Å². The standard InChI is InChI=1S/C24H20N2O2/c1-16-14-23(27)26(2)22-15-20(12-13-21(16)22)25-24(28)19-10-8-18(9-11-19)17-6-4-3-5-7-17/h3-15H,1-2H3,(H,25,28). The minimum Gasteiger partial charge on any atom is -0.322 e. The predicted octanol–water partition coefficient (Wildman–Crippen LogP) is 4.77. The summed E-state index contributed by atoms with van der Waals surface area (Å²) in [6, 6.07) is 24.8. The van der Waals surface area contributed by atoms with Gasteiger partial charge < -0.3 is 9.88 Å². The molecule has 0 aliphatic carbocycles. The molecule has 28 heavy (non-hydrogen) atoms. The fourth-order valence-electron chi connectivity index (χ4n) is 3.35. The van der Waals surface area contributed by atoms with Crippen LogP contribution in [0, 0.1) is 6.92 Å². The van der Waals surface area contributed by atoms with Crippen LogP contribution in [0.4, 0.5) is 5.69 Å². The van der Waals surface area contributed by atoms with E-state index in [2.05, 4.69) is 5.32 Å². The van der Waals surface area contributed by atoms with Gasteiger partial charge in [0.05, 0.1) is 5.52 Å². The van der Waals surface area contributed by atoms with E-state index >= 15 is 0 Å². The van der Waals surface area contributed by atoms with Crippen molar-refractivity contribution < 1.29 is 4.79 Å². The van der Waals surface area contributed by atoms with Crippen LogP contribution >= 0.6 is 0 Å². The maximum absolute atomic E-state index is 12.6. The van der Waals surface area contributed by atoms with Gasteiger partial charge in [0, 0.05) is 29.8 Å². The minimum atomic E-state index is -0.184. The number of hydrogen-bond acceptors (Lipinski definition) is 2. The molecule has 0 aliphatic heterocycles. The molecule has 0 atom stereocenters. The number of carbonyl (C=O) groups is 1. The van der Waals surface area contributed by atoms with Crippen LogP contribution in [0.25, 0.3) is 22.0 Å². The number of hydrogen-bond donors (Lipinski definition) is 1. The van der Waals surface area contributed by atoms with Crippen LogP contribution in [-0.4, -0.2) is 10.5 Å². The lowest BCUT2D eigenvalue weighted by Crippen LogP contribution is -2.17. The van der Waals surface area contributed by atoms with E-state index in [9.17, 15) is 9.59 Å². The monoisotopic (exact) mass is 368 g/mol. The molecule has 0 radical (unpaired) electrons. The van der Waals surface area contributed by atoms with E-state index in [1.54, 1.807) is 17.7 Å². The second-order valence-corrected chi connectivity index (χ2v) is 6.85. The van der Waals surface area contributed by atoms with Gasteiger partial charge in [-0.2, -0.15) is 0 Å². The number of pyridine rings is 1. The third-order valence-electron chi connectivity index (χ3n) is 4.97. The number of fused-ring (bicyclic) bond motifs is 1. The van der Waals surface area contributed by atoms with Gasteiger partial charge in [0.15, 0.2) is 0 Å². The summed E-state index contributed by atoms with van der Waals surface area (Å²) in [5.41, 5.74) is 5.07. The summed E-state index contributed by atoms with van der Waals surface area (Å²) >= 11 is 0. The lowest BCUT2D eigenvalue weighted by atomic mass is 10.0. The number of aryl methyl sites for hydroxylation is 2. The highest BCUT2D eigenvalue weighted by Crippen LogP contribution is 2.22. The van der Waals surface area contributed by atoms with Crippen LogP contribution < -0.4 is 10.9 Å². The molecule has 1 N–H and O–H groups in total. The fourth-order valence-corrected chi connectivity index (χ4v) is 3.35. The van der Waals surface area contributed by atoms with Crippen LogP contribution in [-0.2, 0) is 7.05 Å². The Balaban J connectivity index is 1.60. The molecule has 0 saturated carbocycles. The van der Waals surface area contributed by atoms with Crippen molar-refractivity contribution in [1.29, 1.82) is 0 Å². The Morgan fingerprint density at radius 3 is 2.25 bits per heavy atom. The first-order valence-electron chi connectivity index (χ1n) is 9.10. The van der Waals surface area contributed by atoms with E-state index in [1.807, 2.05) is 79.7 Å². The predicted molar refractivity (Wildman–Crippen MR) is 114 cm³/mol. The van der Waals surface area contributed by atoms with Crippen molar-refractivity contribution >= 4 is 22.5 Å². The van der Waals surface area contributed by atoms with E-state index < -0.39 is 0 Å². The van der Waals surface area contributed by atoms with Gasteiger partial charge in [-0.25, -0.2) is 0 Å². The number of aromatic nitrogens is 1. The highest BCUT2D eigenvalue weighted by Gasteiger charge is 2.09. The first kappa shape index (κ1) is 17.7. The molecule has 1 aromatic heterocycles. The smallest absolute Gasteiger partial charge is 0.255 e. The van der Waals surface area contributed by atoms with Crippen molar-refractivity contribution in [3.8, 4) is 11.1 Å². The Morgan fingerprint density at radius 1 is 0.857 bits per heavy atom. The first-order valence-corrected chi connectivity index (χ1v) is 9.10. The van der Waals surface area contributed by atoms with Gasteiger partial charge in [-0.1, -0.05) is 48.5 Å². The first-order chi connectivity index (χ1) is 13.5. The molecular formula is C24H20N2O2. The van der Waals surface area contributed by atoms with Gasteiger partial charge in [0.2, 0.25) is 0 Å². The summed E-state index contributed by atoms with van der Waals surface area (Å²) in [4.78, 5) is 24.7. The SMILES string of the molecule is Cc1cc(=O)n(C)c2cc(NC(=O)c3ccc(-c4ccccc4)cc3)ccc12. The number of rotatable bonds is 3. The topological polar surface area (TPSA) is 51.1 Å². The molecule has 4 aromatic rings. The maximum Gasteiger partial charge on any atom is 0.255 e. The van der Waals surface area contributed by atoms with Crippen molar-refractivity contribution in [1.82, 2.24) is 4.57 Å². The minimum absolute atomic E-state index is 0.0648. The van der Waals surface area contributed by atoms with Crippen molar-refractivity contribution in [3.63, 3.8) is 0 Å². The Morgan fingerprint density at radius 2 is 1.54 bits per heavy atom. The number of benzene rings is 3. The molecule has 0 saturated heterocycles. The van der Waals surface area contributed by atoms with Gasteiger partial charge in [0.1, 0.15) is 0 Å². The number of anilines is 1. The third kappa shape index (κ3) is 3.32. The summed E-state index contributed by atoms with van der Waals surface area (Å²) in [6.45, 7) is 1.91. The largest absolute Gasteiger partial charge is 0.322 e. The number of nitrogens with one attached hydrogen (secondary N) is 1. The molecule has 0 spiro atoms. The third-order valence-corrected chi connectivity index (χ3v) is 4.97. The molecule has 0 fully saturated rings. The zero-order valence-electron chi connectivity index (χ0n) is 15.8. The van der Waals surface area contributed by atoms with Crippen LogP contribution in [0.5, 0.6) is 0 Å². The number of carbonyl (C=O) groups excluding carboxylic acids is 1. The molecule has 4 heteroatoms. The summed E-state index contributed by atoms with van der Waals surface area (Å²) in [5.74, 6) is -0.184. The van der Waals surface area contributed by atoms with Crippen LogP contribution in [0.1, 0.15) is 15.9 Å². The quantitative estimate of drug-likeness (QED) is 0.566. The molecule has 0 bridgehead atoms. The van der Waals surface area contributed by atoms with Crippen LogP contribution in [0.2, 0.25) is 0 Å². The number of nitrogens with zero attached hydrogens (tertiary/aromatic N) is 1. The lowest BCUT2D eigenvalue weighted by molar-refractivity contribution is 0.102. The Kier molecular flexibility index (Phi) is 4.53. The molecule has 1 amide bonds. The normalized spacial score (nSPS) is 10.8. The van der Waals surface area contributed by atoms with Crippen LogP contribution in [0.3, 0.4) is 0 Å². The summed E-state index contributed by atoms with van der Waals surface area (Å²) in [7, 11) is 1.73. The number of amides is 1. The van der Waals surface area contributed by atoms with Gasteiger partial charge in [-0.3, -0.25) is 9.59 Å². The highest BCUT2D eigenvalue weighted by atomic mass is 16.1. The maximum atomic E-state index is 12.6. The van der Waals surface area contributed by atoms with E-state index in [0.29, 0.717) is 11.3 Å². The summed E-state index contributed by atoms with van der Waals surface area (Å²) in [6.07, 6.45) is 0. The van der Waals surface area contributed by atoms with Gasteiger partial charge in [0.25, 0.3) is 11.5 Å². The Labute approximate surface area is 163 Å². The molecule has 4 nitrogen and oxygen atoms in total. The fraction of sp³-hybridized carbons (Fsp3) is 0.0833. The second-order valence-electron chi connectivity index (χ2n) is 6.85. The zero-order chi connectivity index (χ0) is 19.7. The van der Waals surface area contributed by atoms with Gasteiger partial charge >= 0.3 is 0 Å². The van der Waals surface area contributed by atoms with E-state index in [-0.39, 0.29) is 11.5 Å². The highest BCUT2D eigenvalue weighted by molar-refractivity contribution is 6.05. The Bertz CT molecular complexity index is 1220. The van der Waals surface area contributed by atoms with Crippen molar-refractivity contribution in [2.75, 3.05) is 5.32 Å². The molecule has 0 unspecified atom stereocenters. The van der Waals surface area contributed by atoms with Crippen LogP contribution in [0.15, 0.2) is 83.7 Å². The molecule has 0 aliphatic rings. The lowest BCUT2D eigenvalue weighted by Gasteiger charge is -2.11. The average Bonchev–Trinajstić information content (AvgIpc) is 2.73. The molecular weight excluding hydrogens is 348 g/mol. The summed E-state index contributed by atoms with van der Waals surface area (Å²) < 4.78 is 1.59. The zero-order valence-corrected chi connectivity index (χ0v) is 15.8. The van der Waals surface area contributed by atoms with Crippen molar-refractivity contribution in [2.24, 2.45) is 7.05 Å². The second kappa shape index (κ2) is 7.16. The van der Waals surface area contributed by atoms with Gasteiger partial charge in [-0.05, 0) is 47.9 Å². The van der Waals surface area contributed by atoms with E-state index in [1.165, 1.54) is 0 Å². The molecule has 1 heterocycles. The molecule has 3 aromatic carbocycles. The van der Waals surface area contributed by atoms with Gasteiger partial charge in [-0.15, -0.1) is 0 Å². The molecule has 4 rings (SSSR count). The Hall–Kier alpha value is -3.66. The average molecular weight is 368 g/mol.